The maximum atomic E-state index is 11.6. The first-order valence-electron chi connectivity index (χ1n) is 11.8. The minimum absolute atomic E-state index is 0.133. The molecular weight excluding hydrogens is 388 g/mol. The summed E-state index contributed by atoms with van der Waals surface area (Å²) in [6, 6.07) is 10.8. The summed E-state index contributed by atoms with van der Waals surface area (Å²) in [6.07, 6.45) is 12.8. The summed E-state index contributed by atoms with van der Waals surface area (Å²) in [5, 5.41) is 9.53. The molecule has 0 amide bonds. The van der Waals surface area contributed by atoms with Crippen LogP contribution in [0, 0.1) is 13.8 Å². The number of rotatable bonds is 15. The van der Waals surface area contributed by atoms with E-state index in [1.54, 1.807) is 18.2 Å². The third-order valence-corrected chi connectivity index (χ3v) is 5.57. The van der Waals surface area contributed by atoms with E-state index in [0.29, 0.717) is 23.9 Å². The molecule has 0 aliphatic carbocycles. The van der Waals surface area contributed by atoms with E-state index < -0.39 is 5.97 Å². The molecule has 0 fully saturated rings. The Morgan fingerprint density at radius 3 is 2.00 bits per heavy atom. The molecule has 0 saturated heterocycles. The van der Waals surface area contributed by atoms with E-state index in [9.17, 15) is 9.90 Å². The number of unbranched alkanes of at least 4 members (excludes halogenated alkanes) is 9. The molecule has 0 saturated carbocycles. The van der Waals surface area contributed by atoms with Crippen LogP contribution in [0.5, 0.6) is 17.2 Å². The van der Waals surface area contributed by atoms with Gasteiger partial charge in [-0.05, 0) is 43.5 Å². The van der Waals surface area contributed by atoms with Gasteiger partial charge in [-0.25, -0.2) is 4.79 Å². The standard InChI is InChI=1S/C27H38O4/c1-4-5-6-7-8-9-10-11-12-13-19-30-23-17-18-24(27(28)29)25(20-23)31-26-21(2)15-14-16-22(26)3/h14-18,20H,4-13,19H2,1-3H3,(H,28,29). The molecule has 0 bridgehead atoms. The number of aryl methyl sites for hydroxylation is 2. The van der Waals surface area contributed by atoms with Gasteiger partial charge in [0.15, 0.2) is 0 Å². The Morgan fingerprint density at radius 2 is 1.42 bits per heavy atom. The van der Waals surface area contributed by atoms with Crippen molar-refractivity contribution in [2.45, 2.75) is 85.0 Å². The lowest BCUT2D eigenvalue weighted by atomic mass is 10.1. The zero-order chi connectivity index (χ0) is 22.5. The van der Waals surface area contributed by atoms with Gasteiger partial charge in [0, 0.05) is 6.07 Å². The highest BCUT2D eigenvalue weighted by atomic mass is 16.5. The topological polar surface area (TPSA) is 55.8 Å². The quantitative estimate of drug-likeness (QED) is 0.292. The monoisotopic (exact) mass is 426 g/mol. The van der Waals surface area contributed by atoms with Gasteiger partial charge >= 0.3 is 5.97 Å². The molecule has 2 rings (SSSR count). The van der Waals surface area contributed by atoms with E-state index in [-0.39, 0.29) is 5.56 Å². The van der Waals surface area contributed by atoms with E-state index in [2.05, 4.69) is 6.92 Å². The van der Waals surface area contributed by atoms with Gasteiger partial charge in [-0.15, -0.1) is 0 Å². The van der Waals surface area contributed by atoms with Crippen LogP contribution in [0.2, 0.25) is 0 Å². The van der Waals surface area contributed by atoms with Gasteiger partial charge in [0.05, 0.1) is 6.61 Å². The molecule has 0 heterocycles. The number of carbonyl (C=O) groups is 1. The summed E-state index contributed by atoms with van der Waals surface area (Å²) in [5.41, 5.74) is 2.06. The van der Waals surface area contributed by atoms with Gasteiger partial charge in [0.1, 0.15) is 22.8 Å². The first-order valence-corrected chi connectivity index (χ1v) is 11.8. The van der Waals surface area contributed by atoms with Crippen molar-refractivity contribution in [2.24, 2.45) is 0 Å². The highest BCUT2D eigenvalue weighted by molar-refractivity contribution is 5.91. The minimum atomic E-state index is -1.01. The molecule has 0 spiro atoms. The Balaban J connectivity index is 1.81. The van der Waals surface area contributed by atoms with Crippen LogP contribution >= 0.6 is 0 Å². The fraction of sp³-hybridized carbons (Fsp3) is 0.519. The molecule has 2 aromatic carbocycles. The van der Waals surface area contributed by atoms with Crippen molar-refractivity contribution < 1.29 is 19.4 Å². The Kier molecular flexibility index (Phi) is 11.0. The Hall–Kier alpha value is -2.49. The van der Waals surface area contributed by atoms with Gasteiger partial charge in [-0.1, -0.05) is 82.9 Å². The van der Waals surface area contributed by atoms with Crippen LogP contribution in [-0.2, 0) is 0 Å². The molecule has 31 heavy (non-hydrogen) atoms. The smallest absolute Gasteiger partial charge is 0.339 e. The second-order valence-corrected chi connectivity index (χ2v) is 8.32. The van der Waals surface area contributed by atoms with Gasteiger partial charge in [0.25, 0.3) is 0 Å². The SMILES string of the molecule is CCCCCCCCCCCCOc1ccc(C(=O)O)c(Oc2c(C)cccc2C)c1. The van der Waals surface area contributed by atoms with E-state index in [4.69, 9.17) is 9.47 Å². The second kappa shape index (κ2) is 13.7. The molecule has 4 heteroatoms. The first kappa shape index (κ1) is 24.8. The number of carboxylic acid groups (broad SMARTS) is 1. The lowest BCUT2D eigenvalue weighted by Gasteiger charge is -2.15. The number of carboxylic acids is 1. The van der Waals surface area contributed by atoms with Crippen molar-refractivity contribution in [2.75, 3.05) is 6.61 Å². The molecule has 0 atom stereocenters. The molecule has 170 valence electrons. The van der Waals surface area contributed by atoms with Crippen LogP contribution in [0.25, 0.3) is 0 Å². The number of benzene rings is 2. The summed E-state index contributed by atoms with van der Waals surface area (Å²) in [4.78, 5) is 11.6. The van der Waals surface area contributed by atoms with Crippen LogP contribution in [0.15, 0.2) is 36.4 Å². The van der Waals surface area contributed by atoms with Crippen LogP contribution in [0.4, 0.5) is 0 Å². The fourth-order valence-electron chi connectivity index (χ4n) is 3.70. The highest BCUT2D eigenvalue weighted by Crippen LogP contribution is 2.33. The van der Waals surface area contributed by atoms with E-state index in [1.165, 1.54) is 51.4 Å². The second-order valence-electron chi connectivity index (χ2n) is 8.32. The summed E-state index contributed by atoms with van der Waals surface area (Å²) in [5.74, 6) is 0.631. The maximum absolute atomic E-state index is 11.6. The van der Waals surface area contributed by atoms with Crippen molar-refractivity contribution in [3.63, 3.8) is 0 Å². The number of hydrogen-bond donors (Lipinski definition) is 1. The molecule has 2 aromatic rings. The Bertz CT molecular complexity index is 793. The van der Waals surface area contributed by atoms with Gasteiger partial charge in [-0.2, -0.15) is 0 Å². The number of para-hydroxylation sites is 1. The maximum Gasteiger partial charge on any atom is 0.339 e. The van der Waals surface area contributed by atoms with Crippen molar-refractivity contribution in [1.29, 1.82) is 0 Å². The predicted molar refractivity (Wildman–Crippen MR) is 127 cm³/mol. The molecule has 0 radical (unpaired) electrons. The molecule has 0 unspecified atom stereocenters. The molecule has 0 aromatic heterocycles. The van der Waals surface area contributed by atoms with E-state index in [0.717, 1.165) is 24.0 Å². The molecule has 1 N–H and O–H groups in total. The third kappa shape index (κ3) is 8.64. The first-order chi connectivity index (χ1) is 15.0. The molecule has 4 nitrogen and oxygen atoms in total. The summed E-state index contributed by atoms with van der Waals surface area (Å²) < 4.78 is 11.9. The molecule has 0 aliphatic rings. The van der Waals surface area contributed by atoms with Crippen molar-refractivity contribution in [1.82, 2.24) is 0 Å². The van der Waals surface area contributed by atoms with Crippen molar-refractivity contribution in [3.05, 3.63) is 53.1 Å². The van der Waals surface area contributed by atoms with Crippen molar-refractivity contribution >= 4 is 5.97 Å². The summed E-state index contributed by atoms with van der Waals surface area (Å²) >= 11 is 0. The zero-order valence-corrected chi connectivity index (χ0v) is 19.4. The molecule has 0 aliphatic heterocycles. The average Bonchev–Trinajstić information content (AvgIpc) is 2.74. The fourth-order valence-corrected chi connectivity index (χ4v) is 3.70. The minimum Gasteiger partial charge on any atom is -0.493 e. The molecular formula is C27H38O4. The lowest BCUT2D eigenvalue weighted by molar-refractivity contribution is 0.0694. The Labute approximate surface area is 187 Å². The zero-order valence-electron chi connectivity index (χ0n) is 19.4. The van der Waals surface area contributed by atoms with Crippen molar-refractivity contribution in [3.8, 4) is 17.2 Å². The van der Waals surface area contributed by atoms with Crippen LogP contribution in [0.1, 0.15) is 92.6 Å². The van der Waals surface area contributed by atoms with Crippen LogP contribution < -0.4 is 9.47 Å². The number of ether oxygens (including phenoxy) is 2. The Morgan fingerprint density at radius 1 is 0.839 bits per heavy atom. The van der Waals surface area contributed by atoms with Gasteiger partial charge < -0.3 is 14.6 Å². The normalized spacial score (nSPS) is 10.8. The summed E-state index contributed by atoms with van der Waals surface area (Å²) in [6.45, 7) is 6.79. The summed E-state index contributed by atoms with van der Waals surface area (Å²) in [7, 11) is 0. The van der Waals surface area contributed by atoms with Crippen LogP contribution in [-0.4, -0.2) is 17.7 Å². The van der Waals surface area contributed by atoms with E-state index >= 15 is 0 Å². The highest BCUT2D eigenvalue weighted by Gasteiger charge is 2.15. The number of hydrogen-bond acceptors (Lipinski definition) is 3. The van der Waals surface area contributed by atoms with Gasteiger partial charge in [0.2, 0.25) is 0 Å². The van der Waals surface area contributed by atoms with Crippen LogP contribution in [0.3, 0.4) is 0 Å². The number of aromatic carboxylic acids is 1. The average molecular weight is 427 g/mol. The largest absolute Gasteiger partial charge is 0.493 e. The van der Waals surface area contributed by atoms with Gasteiger partial charge in [-0.3, -0.25) is 0 Å². The van der Waals surface area contributed by atoms with E-state index in [1.807, 2.05) is 32.0 Å². The third-order valence-electron chi connectivity index (χ3n) is 5.57. The predicted octanol–water partition coefficient (Wildman–Crippen LogP) is 8.09. The lowest BCUT2D eigenvalue weighted by Crippen LogP contribution is -2.03.